The lowest BCUT2D eigenvalue weighted by molar-refractivity contribution is 0.148. The Hall–Kier alpha value is -1.55. The summed E-state index contributed by atoms with van der Waals surface area (Å²) in [6.07, 6.45) is 3.22. The molecular weight excluding hydrogens is 250 g/mol. The van der Waals surface area contributed by atoms with Crippen molar-refractivity contribution in [3.05, 3.63) is 35.9 Å². The predicted octanol–water partition coefficient (Wildman–Crippen LogP) is 2.98. The molecule has 1 aromatic rings. The summed E-state index contributed by atoms with van der Waals surface area (Å²) in [4.78, 5) is 2.48. The number of nitrogens with zero attached hydrogens (tertiary/aromatic N) is 2. The minimum absolute atomic E-state index is 0.174. The highest BCUT2D eigenvalue weighted by molar-refractivity contribution is 5.80. The van der Waals surface area contributed by atoms with Gasteiger partial charge in [-0.3, -0.25) is 4.90 Å². The van der Waals surface area contributed by atoms with E-state index >= 15 is 0 Å². The van der Waals surface area contributed by atoms with E-state index in [1.54, 1.807) is 0 Å². The highest BCUT2D eigenvalue weighted by Crippen LogP contribution is 2.35. The normalized spacial score (nSPS) is 17.7. The smallest absolute Gasteiger partial charge is 0.141 e. The van der Waals surface area contributed by atoms with Crippen molar-refractivity contribution in [2.75, 3.05) is 6.54 Å². The van der Waals surface area contributed by atoms with Crippen molar-refractivity contribution in [1.82, 2.24) is 4.90 Å². The Bertz CT molecular complexity index is 440. The Balaban J connectivity index is 2.22. The molecule has 1 atom stereocenters. The zero-order chi connectivity index (χ0) is 14.5. The molecule has 0 aliphatic heterocycles. The molecule has 1 aromatic carbocycles. The van der Waals surface area contributed by atoms with E-state index in [9.17, 15) is 0 Å². The Labute approximate surface area is 121 Å². The lowest BCUT2D eigenvalue weighted by Gasteiger charge is -2.35. The first-order valence-electron chi connectivity index (χ1n) is 7.39. The molecular formula is C16H25N3O. The molecule has 2 rings (SSSR count). The lowest BCUT2D eigenvalue weighted by atomic mass is 9.99. The summed E-state index contributed by atoms with van der Waals surface area (Å²) in [5.41, 5.74) is 7.00. The van der Waals surface area contributed by atoms with Crippen molar-refractivity contribution >= 4 is 5.84 Å². The maximum absolute atomic E-state index is 8.89. The molecule has 0 aromatic heterocycles. The number of rotatable bonds is 7. The van der Waals surface area contributed by atoms with Crippen molar-refractivity contribution in [1.29, 1.82) is 0 Å². The third-order valence-corrected chi connectivity index (χ3v) is 3.94. The molecule has 1 fully saturated rings. The van der Waals surface area contributed by atoms with Gasteiger partial charge in [-0.05, 0) is 38.2 Å². The summed E-state index contributed by atoms with van der Waals surface area (Å²) in [6.45, 7) is 5.52. The van der Waals surface area contributed by atoms with Gasteiger partial charge in [0, 0.05) is 25.0 Å². The van der Waals surface area contributed by atoms with Crippen molar-refractivity contribution in [2.45, 2.75) is 45.2 Å². The van der Waals surface area contributed by atoms with E-state index in [1.165, 1.54) is 18.4 Å². The number of oxime groups is 1. The molecule has 1 aliphatic carbocycles. The third kappa shape index (κ3) is 3.97. The van der Waals surface area contributed by atoms with E-state index in [-0.39, 0.29) is 6.04 Å². The van der Waals surface area contributed by atoms with Gasteiger partial charge in [0.1, 0.15) is 5.84 Å². The molecule has 1 unspecified atom stereocenters. The molecule has 1 saturated carbocycles. The van der Waals surface area contributed by atoms with Gasteiger partial charge < -0.3 is 10.9 Å². The zero-order valence-corrected chi connectivity index (χ0v) is 12.4. The molecule has 110 valence electrons. The van der Waals surface area contributed by atoms with Crippen molar-refractivity contribution in [2.24, 2.45) is 16.8 Å². The van der Waals surface area contributed by atoms with Crippen LogP contribution < -0.4 is 5.73 Å². The molecule has 1 aliphatic rings. The molecule has 0 radical (unpaired) electrons. The second-order valence-corrected chi connectivity index (χ2v) is 5.96. The van der Waals surface area contributed by atoms with Crippen LogP contribution in [0, 0.1) is 5.92 Å². The van der Waals surface area contributed by atoms with Crippen LogP contribution in [-0.4, -0.2) is 28.5 Å². The Morgan fingerprint density at radius 1 is 1.35 bits per heavy atom. The minimum Gasteiger partial charge on any atom is -0.409 e. The van der Waals surface area contributed by atoms with Gasteiger partial charge >= 0.3 is 0 Å². The van der Waals surface area contributed by atoms with E-state index in [0.29, 0.717) is 18.3 Å². The van der Waals surface area contributed by atoms with Gasteiger partial charge in [0.15, 0.2) is 0 Å². The SMILES string of the molecule is CC(C)N(CC1CC1)C(CC(N)=NO)c1ccccc1. The standard InChI is InChI=1S/C16H25N3O/c1-12(2)19(11-13-8-9-13)15(10-16(17)18-20)14-6-4-3-5-7-14/h3-7,12-13,15,20H,8-11H2,1-2H3,(H2,17,18). The van der Waals surface area contributed by atoms with Gasteiger partial charge in [-0.15, -0.1) is 0 Å². The summed E-state index contributed by atoms with van der Waals surface area (Å²) in [5, 5.41) is 12.0. The fourth-order valence-corrected chi connectivity index (χ4v) is 2.64. The molecule has 0 spiro atoms. The molecule has 0 saturated heterocycles. The number of amidine groups is 1. The zero-order valence-electron chi connectivity index (χ0n) is 12.4. The topological polar surface area (TPSA) is 61.8 Å². The predicted molar refractivity (Wildman–Crippen MR) is 81.8 cm³/mol. The molecule has 0 heterocycles. The van der Waals surface area contributed by atoms with Gasteiger partial charge in [0.25, 0.3) is 0 Å². The summed E-state index contributed by atoms with van der Waals surface area (Å²) in [5.74, 6) is 1.11. The number of hydrogen-bond donors (Lipinski definition) is 2. The van der Waals surface area contributed by atoms with Crippen LogP contribution in [0.4, 0.5) is 0 Å². The maximum atomic E-state index is 8.89. The van der Waals surface area contributed by atoms with Crippen LogP contribution in [-0.2, 0) is 0 Å². The Morgan fingerprint density at radius 3 is 2.50 bits per heavy atom. The van der Waals surface area contributed by atoms with E-state index in [4.69, 9.17) is 10.9 Å². The van der Waals surface area contributed by atoms with Crippen LogP contribution in [0.15, 0.2) is 35.5 Å². The van der Waals surface area contributed by atoms with Crippen LogP contribution in [0.5, 0.6) is 0 Å². The molecule has 4 nitrogen and oxygen atoms in total. The van der Waals surface area contributed by atoms with Gasteiger partial charge in [0.2, 0.25) is 0 Å². The molecule has 4 heteroatoms. The van der Waals surface area contributed by atoms with Crippen LogP contribution in [0.1, 0.15) is 44.7 Å². The summed E-state index contributed by atoms with van der Waals surface area (Å²) < 4.78 is 0. The summed E-state index contributed by atoms with van der Waals surface area (Å²) in [7, 11) is 0. The van der Waals surface area contributed by atoms with E-state index in [0.717, 1.165) is 12.5 Å². The largest absolute Gasteiger partial charge is 0.409 e. The highest BCUT2D eigenvalue weighted by Gasteiger charge is 2.30. The second-order valence-electron chi connectivity index (χ2n) is 5.96. The second kappa shape index (κ2) is 6.75. The Kier molecular flexibility index (Phi) is 5.01. The van der Waals surface area contributed by atoms with Crippen LogP contribution in [0.2, 0.25) is 0 Å². The van der Waals surface area contributed by atoms with E-state index in [1.807, 2.05) is 18.2 Å². The highest BCUT2D eigenvalue weighted by atomic mass is 16.4. The fourth-order valence-electron chi connectivity index (χ4n) is 2.64. The number of nitrogens with two attached hydrogens (primary N) is 1. The first-order chi connectivity index (χ1) is 9.61. The average Bonchev–Trinajstić information content (AvgIpc) is 3.27. The van der Waals surface area contributed by atoms with Crippen LogP contribution in [0.3, 0.4) is 0 Å². The van der Waals surface area contributed by atoms with Crippen molar-refractivity contribution < 1.29 is 5.21 Å². The lowest BCUT2D eigenvalue weighted by Crippen LogP contribution is -2.38. The molecule has 0 bridgehead atoms. The van der Waals surface area contributed by atoms with Crippen molar-refractivity contribution in [3.63, 3.8) is 0 Å². The van der Waals surface area contributed by atoms with Gasteiger partial charge in [-0.25, -0.2) is 0 Å². The monoisotopic (exact) mass is 275 g/mol. The third-order valence-electron chi connectivity index (χ3n) is 3.94. The minimum atomic E-state index is 0.174. The number of hydrogen-bond acceptors (Lipinski definition) is 3. The van der Waals surface area contributed by atoms with Crippen molar-refractivity contribution in [3.8, 4) is 0 Å². The maximum Gasteiger partial charge on any atom is 0.141 e. The first kappa shape index (κ1) is 14.9. The molecule has 20 heavy (non-hydrogen) atoms. The Morgan fingerprint density at radius 2 is 2.00 bits per heavy atom. The molecule has 3 N–H and O–H groups in total. The van der Waals surface area contributed by atoms with E-state index in [2.05, 4.69) is 36.0 Å². The quantitative estimate of drug-likeness (QED) is 0.348. The average molecular weight is 275 g/mol. The fraction of sp³-hybridized carbons (Fsp3) is 0.562. The van der Waals surface area contributed by atoms with Crippen LogP contribution in [0.25, 0.3) is 0 Å². The summed E-state index contributed by atoms with van der Waals surface area (Å²) >= 11 is 0. The van der Waals surface area contributed by atoms with E-state index < -0.39 is 0 Å². The first-order valence-corrected chi connectivity index (χ1v) is 7.39. The molecule has 0 amide bonds. The summed E-state index contributed by atoms with van der Waals surface area (Å²) in [6, 6.07) is 11.0. The number of benzene rings is 1. The van der Waals surface area contributed by atoms with Gasteiger partial charge in [-0.2, -0.15) is 0 Å². The van der Waals surface area contributed by atoms with Gasteiger partial charge in [-0.1, -0.05) is 35.5 Å². The van der Waals surface area contributed by atoms with Crippen LogP contribution >= 0.6 is 0 Å². The van der Waals surface area contributed by atoms with Gasteiger partial charge in [0.05, 0.1) is 0 Å².